The molecule has 1 aromatic carbocycles. The first-order valence-electron chi connectivity index (χ1n) is 5.96. The van der Waals surface area contributed by atoms with Gasteiger partial charge in [0.05, 0.1) is 7.11 Å². The van der Waals surface area contributed by atoms with Crippen LogP contribution in [0.3, 0.4) is 0 Å². The minimum Gasteiger partial charge on any atom is -0.496 e. The summed E-state index contributed by atoms with van der Waals surface area (Å²) in [5.41, 5.74) is 0.777. The van der Waals surface area contributed by atoms with E-state index in [0.717, 1.165) is 11.8 Å². The van der Waals surface area contributed by atoms with Crippen LogP contribution >= 0.6 is 0 Å². The summed E-state index contributed by atoms with van der Waals surface area (Å²) in [5.74, 6) is 0.556. The van der Waals surface area contributed by atoms with Crippen molar-refractivity contribution in [2.75, 3.05) is 12.4 Å². The second kappa shape index (κ2) is 6.22. The van der Waals surface area contributed by atoms with Crippen LogP contribution in [0.5, 0.6) is 5.75 Å². The molecule has 5 heteroatoms. The van der Waals surface area contributed by atoms with E-state index in [1.807, 2.05) is 0 Å². The number of hydrogen-bond donors (Lipinski definition) is 1. The standard InChI is InChI=1S/C14H19NO4/c1-14(2,3)19-13(17)15-11-6-5-10(7-8-16)12(9-11)18-4/h5-6,8-9H,7H2,1-4H3,(H,15,17). The number of methoxy groups -OCH3 is 1. The predicted molar refractivity (Wildman–Crippen MR) is 72.6 cm³/mol. The summed E-state index contributed by atoms with van der Waals surface area (Å²) >= 11 is 0. The van der Waals surface area contributed by atoms with Gasteiger partial charge in [0.1, 0.15) is 17.6 Å². The van der Waals surface area contributed by atoms with Gasteiger partial charge in [0.15, 0.2) is 0 Å². The molecule has 0 aliphatic carbocycles. The molecule has 0 aromatic heterocycles. The quantitative estimate of drug-likeness (QED) is 0.850. The van der Waals surface area contributed by atoms with Crippen molar-refractivity contribution in [1.82, 2.24) is 0 Å². The molecule has 104 valence electrons. The van der Waals surface area contributed by atoms with E-state index in [4.69, 9.17) is 9.47 Å². The first-order valence-corrected chi connectivity index (χ1v) is 5.96. The first-order chi connectivity index (χ1) is 8.85. The van der Waals surface area contributed by atoms with E-state index in [1.54, 1.807) is 39.0 Å². The molecule has 1 N–H and O–H groups in total. The highest BCUT2D eigenvalue weighted by molar-refractivity contribution is 5.85. The van der Waals surface area contributed by atoms with Crippen molar-refractivity contribution in [3.05, 3.63) is 23.8 Å². The van der Waals surface area contributed by atoms with Crippen molar-refractivity contribution in [1.29, 1.82) is 0 Å². The molecule has 0 bridgehead atoms. The molecule has 0 saturated carbocycles. The maximum Gasteiger partial charge on any atom is 0.412 e. The minimum atomic E-state index is -0.550. The normalized spacial score (nSPS) is 10.7. The number of hydrogen-bond acceptors (Lipinski definition) is 4. The summed E-state index contributed by atoms with van der Waals surface area (Å²) in [4.78, 5) is 22.1. The van der Waals surface area contributed by atoms with E-state index in [2.05, 4.69) is 5.32 Å². The first kappa shape index (κ1) is 15.0. The maximum atomic E-state index is 11.6. The number of anilines is 1. The van der Waals surface area contributed by atoms with Crippen molar-refractivity contribution >= 4 is 18.1 Å². The SMILES string of the molecule is COc1cc(NC(=O)OC(C)(C)C)ccc1CC=O. The predicted octanol–water partition coefficient (Wildman–Crippen LogP) is 2.78. The van der Waals surface area contributed by atoms with Gasteiger partial charge in [-0.15, -0.1) is 0 Å². The Morgan fingerprint density at radius 2 is 2.05 bits per heavy atom. The largest absolute Gasteiger partial charge is 0.496 e. The highest BCUT2D eigenvalue weighted by Gasteiger charge is 2.16. The Labute approximate surface area is 112 Å². The van der Waals surface area contributed by atoms with Gasteiger partial charge in [-0.25, -0.2) is 4.79 Å². The second-order valence-corrected chi connectivity index (χ2v) is 5.02. The fourth-order valence-corrected chi connectivity index (χ4v) is 1.50. The Morgan fingerprint density at radius 1 is 1.37 bits per heavy atom. The van der Waals surface area contributed by atoms with E-state index >= 15 is 0 Å². The van der Waals surface area contributed by atoms with E-state index in [1.165, 1.54) is 7.11 Å². The fraction of sp³-hybridized carbons (Fsp3) is 0.429. The van der Waals surface area contributed by atoms with Crippen molar-refractivity contribution < 1.29 is 19.1 Å². The van der Waals surface area contributed by atoms with E-state index in [0.29, 0.717) is 11.4 Å². The van der Waals surface area contributed by atoms with Crippen LogP contribution in [-0.4, -0.2) is 25.1 Å². The summed E-state index contributed by atoms with van der Waals surface area (Å²) in [5, 5.41) is 2.61. The lowest BCUT2D eigenvalue weighted by molar-refractivity contribution is -0.107. The molecule has 0 atom stereocenters. The molecule has 0 aliphatic rings. The Bertz CT molecular complexity index is 463. The van der Waals surface area contributed by atoms with Gasteiger partial charge in [0.2, 0.25) is 0 Å². The van der Waals surface area contributed by atoms with Crippen molar-refractivity contribution in [2.24, 2.45) is 0 Å². The zero-order valence-corrected chi connectivity index (χ0v) is 11.6. The van der Waals surface area contributed by atoms with Gasteiger partial charge in [-0.2, -0.15) is 0 Å². The molecule has 5 nitrogen and oxygen atoms in total. The van der Waals surface area contributed by atoms with Gasteiger partial charge < -0.3 is 14.3 Å². The average Bonchev–Trinajstić information content (AvgIpc) is 2.28. The Hall–Kier alpha value is -2.04. The Morgan fingerprint density at radius 3 is 2.58 bits per heavy atom. The van der Waals surface area contributed by atoms with Crippen LogP contribution in [0.25, 0.3) is 0 Å². The zero-order chi connectivity index (χ0) is 14.5. The smallest absolute Gasteiger partial charge is 0.412 e. The van der Waals surface area contributed by atoms with Gasteiger partial charge >= 0.3 is 6.09 Å². The lowest BCUT2D eigenvalue weighted by Crippen LogP contribution is -2.27. The number of amides is 1. The minimum absolute atomic E-state index is 0.274. The van der Waals surface area contributed by atoms with Crippen molar-refractivity contribution in [3.8, 4) is 5.75 Å². The van der Waals surface area contributed by atoms with Crippen LogP contribution in [0.4, 0.5) is 10.5 Å². The van der Waals surface area contributed by atoms with Gasteiger partial charge in [-0.1, -0.05) is 6.07 Å². The summed E-state index contributed by atoms with van der Waals surface area (Å²) in [7, 11) is 1.51. The summed E-state index contributed by atoms with van der Waals surface area (Å²) in [6.07, 6.45) is 0.548. The number of benzene rings is 1. The highest BCUT2D eigenvalue weighted by Crippen LogP contribution is 2.23. The second-order valence-electron chi connectivity index (χ2n) is 5.02. The molecule has 0 unspecified atom stereocenters. The number of nitrogens with one attached hydrogen (secondary N) is 1. The third kappa shape index (κ3) is 4.99. The van der Waals surface area contributed by atoms with Gasteiger partial charge in [-0.05, 0) is 26.8 Å². The zero-order valence-electron chi connectivity index (χ0n) is 11.6. The lowest BCUT2D eigenvalue weighted by Gasteiger charge is -2.20. The van der Waals surface area contributed by atoms with Crippen molar-refractivity contribution in [3.63, 3.8) is 0 Å². The number of ether oxygens (including phenoxy) is 2. The van der Waals surface area contributed by atoms with Crippen LogP contribution in [0.2, 0.25) is 0 Å². The number of carbonyl (C=O) groups is 2. The number of carbonyl (C=O) groups excluding carboxylic acids is 2. The molecule has 19 heavy (non-hydrogen) atoms. The van der Waals surface area contributed by atoms with E-state index in [9.17, 15) is 9.59 Å². The molecule has 0 aliphatic heterocycles. The molecule has 1 rings (SSSR count). The fourth-order valence-electron chi connectivity index (χ4n) is 1.50. The van der Waals surface area contributed by atoms with E-state index < -0.39 is 11.7 Å². The van der Waals surface area contributed by atoms with Crippen LogP contribution in [0.1, 0.15) is 26.3 Å². The van der Waals surface area contributed by atoms with Crippen LogP contribution < -0.4 is 10.1 Å². The van der Waals surface area contributed by atoms with Gasteiger partial charge in [0, 0.05) is 23.7 Å². The summed E-state index contributed by atoms with van der Waals surface area (Å²) in [6, 6.07) is 5.09. The monoisotopic (exact) mass is 265 g/mol. The molecule has 1 amide bonds. The number of aldehydes is 1. The van der Waals surface area contributed by atoms with Crippen LogP contribution in [0, 0.1) is 0 Å². The lowest BCUT2D eigenvalue weighted by atomic mass is 10.1. The Balaban J connectivity index is 2.80. The summed E-state index contributed by atoms with van der Waals surface area (Å²) < 4.78 is 10.3. The third-order valence-corrected chi connectivity index (χ3v) is 2.24. The van der Waals surface area contributed by atoms with Crippen LogP contribution in [0.15, 0.2) is 18.2 Å². The highest BCUT2D eigenvalue weighted by atomic mass is 16.6. The average molecular weight is 265 g/mol. The molecule has 1 aromatic rings. The number of rotatable bonds is 4. The van der Waals surface area contributed by atoms with E-state index in [-0.39, 0.29) is 6.42 Å². The molecule has 0 fully saturated rings. The van der Waals surface area contributed by atoms with Crippen molar-refractivity contribution in [2.45, 2.75) is 32.8 Å². The maximum absolute atomic E-state index is 11.6. The van der Waals surface area contributed by atoms with Gasteiger partial charge in [-0.3, -0.25) is 5.32 Å². The summed E-state index contributed by atoms with van der Waals surface area (Å²) in [6.45, 7) is 5.38. The molecule has 0 radical (unpaired) electrons. The molecule has 0 spiro atoms. The van der Waals surface area contributed by atoms with Gasteiger partial charge in [0.25, 0.3) is 0 Å². The molecule has 0 saturated heterocycles. The van der Waals surface area contributed by atoms with Crippen LogP contribution in [-0.2, 0) is 16.0 Å². The molecular formula is C14H19NO4. The third-order valence-electron chi connectivity index (χ3n) is 2.24. The Kier molecular flexibility index (Phi) is 4.92. The molecule has 0 heterocycles. The molecular weight excluding hydrogens is 246 g/mol. The topological polar surface area (TPSA) is 64.6 Å².